The molecule has 2 atom stereocenters. The van der Waals surface area contributed by atoms with Crippen molar-refractivity contribution >= 4 is 33.1 Å². The van der Waals surface area contributed by atoms with Crippen LogP contribution in [0.15, 0.2) is 22.0 Å². The summed E-state index contributed by atoms with van der Waals surface area (Å²) in [4.78, 5) is 15.1. The van der Waals surface area contributed by atoms with Gasteiger partial charge in [-0.3, -0.25) is 4.40 Å². The average molecular weight is 374 g/mol. The van der Waals surface area contributed by atoms with Crippen LogP contribution in [0.4, 0.5) is 5.82 Å². The van der Waals surface area contributed by atoms with Crippen LogP contribution in [0.5, 0.6) is 0 Å². The minimum atomic E-state index is 0.286. The molecule has 0 spiro atoms. The number of halogens is 1. The summed E-state index contributed by atoms with van der Waals surface area (Å²) in [5.74, 6) is 2.67. The predicted molar refractivity (Wildman–Crippen MR) is 89.9 cm³/mol. The van der Waals surface area contributed by atoms with E-state index in [0.717, 1.165) is 54.0 Å². The van der Waals surface area contributed by atoms with Gasteiger partial charge in [0.1, 0.15) is 21.8 Å². The maximum absolute atomic E-state index is 8.87. The van der Waals surface area contributed by atoms with Crippen molar-refractivity contribution in [3.05, 3.63) is 22.8 Å². The number of nitrogens with two attached hydrogens (primary N) is 1. The van der Waals surface area contributed by atoms with Crippen molar-refractivity contribution in [1.82, 2.24) is 19.3 Å². The van der Waals surface area contributed by atoms with Crippen LogP contribution in [0.1, 0.15) is 37.4 Å². The number of amidine groups is 1. The molecule has 0 aliphatic carbocycles. The lowest BCUT2D eigenvalue weighted by Crippen LogP contribution is -2.41. The van der Waals surface area contributed by atoms with Gasteiger partial charge in [0.15, 0.2) is 5.82 Å². The van der Waals surface area contributed by atoms with Crippen LogP contribution in [-0.2, 0) is 0 Å². The quantitative estimate of drug-likeness (QED) is 0.773. The van der Waals surface area contributed by atoms with Crippen molar-refractivity contribution < 1.29 is 0 Å². The molecule has 0 radical (unpaired) electrons. The Kier molecular flexibility index (Phi) is 3.45. The highest BCUT2D eigenvalue weighted by Gasteiger charge is 2.37. The number of rotatable bonds is 1. The van der Waals surface area contributed by atoms with Crippen LogP contribution >= 0.6 is 15.9 Å². The highest BCUT2D eigenvalue weighted by molar-refractivity contribution is 9.10. The predicted octanol–water partition coefficient (Wildman–Crippen LogP) is 2.30. The Morgan fingerprint density at radius 1 is 1.39 bits per heavy atom. The van der Waals surface area contributed by atoms with Gasteiger partial charge in [-0.05, 0) is 35.2 Å². The molecule has 0 saturated carbocycles. The maximum atomic E-state index is 8.87. The van der Waals surface area contributed by atoms with E-state index in [9.17, 15) is 0 Å². The van der Waals surface area contributed by atoms with Gasteiger partial charge in [-0.25, -0.2) is 9.97 Å². The first-order valence-electron chi connectivity index (χ1n) is 7.69. The zero-order chi connectivity index (χ0) is 16.0. The van der Waals surface area contributed by atoms with Gasteiger partial charge in [-0.2, -0.15) is 10.3 Å². The number of nitrogens with zero attached hydrogens (tertiary/aromatic N) is 6. The molecule has 2 aromatic heterocycles. The molecule has 4 rings (SSSR count). The lowest BCUT2D eigenvalue weighted by molar-refractivity contribution is 0.233. The van der Waals surface area contributed by atoms with Crippen LogP contribution in [-0.4, -0.2) is 37.7 Å². The highest BCUT2D eigenvalue weighted by atomic mass is 79.9. The van der Waals surface area contributed by atoms with Crippen molar-refractivity contribution in [2.24, 2.45) is 4.99 Å². The molecule has 2 aromatic rings. The summed E-state index contributed by atoms with van der Waals surface area (Å²) in [6, 6.07) is 0.514. The lowest BCUT2D eigenvalue weighted by atomic mass is 9.92. The first-order chi connectivity index (χ1) is 11.2. The van der Waals surface area contributed by atoms with Crippen molar-refractivity contribution in [3.63, 3.8) is 0 Å². The molecule has 0 aromatic carbocycles. The minimum absolute atomic E-state index is 0.286. The number of hydrogen-bond acceptors (Lipinski definition) is 5. The summed E-state index contributed by atoms with van der Waals surface area (Å²) in [7, 11) is 0. The second-order valence-electron chi connectivity index (χ2n) is 6.04. The van der Waals surface area contributed by atoms with E-state index in [2.05, 4.69) is 35.8 Å². The highest BCUT2D eigenvalue weighted by Crippen LogP contribution is 2.37. The molecule has 0 amide bonds. The normalized spacial score (nSPS) is 25.7. The molecule has 2 N–H and O–H groups in total. The van der Waals surface area contributed by atoms with Gasteiger partial charge in [-0.1, -0.05) is 0 Å². The Balaban J connectivity index is 1.71. The standard InChI is InChI=1S/C15H16BrN7/c16-13-12-14(18)19-5-6-22(12)15(21-13)9-1-2-10-3-4-11(20-8-17)23(10)7-9/h5-6,9-10H,1-4,7H2,(H2,18,19)/t9-,10+/m1/s1. The smallest absolute Gasteiger partial charge is 0.207 e. The molecule has 23 heavy (non-hydrogen) atoms. The maximum Gasteiger partial charge on any atom is 0.207 e. The molecule has 0 unspecified atom stereocenters. The fourth-order valence-electron chi connectivity index (χ4n) is 3.80. The third kappa shape index (κ3) is 2.27. The molecule has 0 bridgehead atoms. The summed E-state index contributed by atoms with van der Waals surface area (Å²) in [5, 5.41) is 8.87. The Bertz CT molecular complexity index is 834. The summed E-state index contributed by atoms with van der Waals surface area (Å²) < 4.78 is 2.75. The number of anilines is 1. The number of nitrogen functional groups attached to an aromatic ring is 1. The molecule has 2 aliphatic heterocycles. The Labute approximate surface area is 142 Å². The van der Waals surface area contributed by atoms with Crippen LogP contribution in [0.2, 0.25) is 0 Å². The van der Waals surface area contributed by atoms with E-state index in [4.69, 9.17) is 11.0 Å². The number of imidazole rings is 1. The van der Waals surface area contributed by atoms with Gasteiger partial charge in [0.05, 0.1) is 0 Å². The topological polar surface area (TPSA) is 95.6 Å². The van der Waals surface area contributed by atoms with Crippen LogP contribution < -0.4 is 5.73 Å². The van der Waals surface area contributed by atoms with Crippen molar-refractivity contribution in [3.8, 4) is 6.19 Å². The third-order valence-electron chi connectivity index (χ3n) is 4.85. The van der Waals surface area contributed by atoms with Gasteiger partial charge >= 0.3 is 0 Å². The first-order valence-corrected chi connectivity index (χ1v) is 8.48. The van der Waals surface area contributed by atoms with E-state index in [1.807, 2.05) is 16.8 Å². The van der Waals surface area contributed by atoms with Crippen molar-refractivity contribution in [2.45, 2.75) is 37.6 Å². The third-order valence-corrected chi connectivity index (χ3v) is 5.40. The largest absolute Gasteiger partial charge is 0.382 e. The van der Waals surface area contributed by atoms with Crippen molar-refractivity contribution in [2.75, 3.05) is 12.3 Å². The molecular formula is C15H16BrN7. The monoisotopic (exact) mass is 373 g/mol. The molecule has 2 aliphatic rings. The van der Waals surface area contributed by atoms with Crippen LogP contribution in [0, 0.1) is 11.5 Å². The minimum Gasteiger partial charge on any atom is -0.382 e. The second-order valence-corrected chi connectivity index (χ2v) is 6.79. The van der Waals surface area contributed by atoms with Gasteiger partial charge in [0.25, 0.3) is 0 Å². The number of piperidine rings is 1. The Morgan fingerprint density at radius 3 is 3.09 bits per heavy atom. The number of aromatic nitrogens is 3. The first kappa shape index (κ1) is 14.5. The average Bonchev–Trinajstić information content (AvgIpc) is 3.10. The van der Waals surface area contributed by atoms with E-state index >= 15 is 0 Å². The Hall–Kier alpha value is -2.14. The van der Waals surface area contributed by atoms with Crippen molar-refractivity contribution in [1.29, 1.82) is 5.26 Å². The molecule has 2 saturated heterocycles. The molecule has 4 heterocycles. The van der Waals surface area contributed by atoms with Crippen LogP contribution in [0.3, 0.4) is 0 Å². The molecule has 118 valence electrons. The lowest BCUT2D eigenvalue weighted by Gasteiger charge is -2.35. The van der Waals surface area contributed by atoms with Gasteiger partial charge in [0, 0.05) is 37.3 Å². The van der Waals surface area contributed by atoms with Gasteiger partial charge in [-0.15, -0.1) is 0 Å². The molecule has 8 heteroatoms. The van der Waals surface area contributed by atoms with Crippen LogP contribution in [0.25, 0.3) is 5.52 Å². The van der Waals surface area contributed by atoms with E-state index in [-0.39, 0.29) is 5.92 Å². The fourth-order valence-corrected chi connectivity index (χ4v) is 4.38. The summed E-state index contributed by atoms with van der Waals surface area (Å²) in [6.07, 6.45) is 9.70. The summed E-state index contributed by atoms with van der Waals surface area (Å²) in [5.41, 5.74) is 6.80. The Morgan fingerprint density at radius 2 is 2.26 bits per heavy atom. The zero-order valence-electron chi connectivity index (χ0n) is 12.5. The fraction of sp³-hybridized carbons (Fsp3) is 0.467. The number of hydrogen-bond donors (Lipinski definition) is 1. The summed E-state index contributed by atoms with van der Waals surface area (Å²) >= 11 is 3.50. The second kappa shape index (κ2) is 5.49. The number of aliphatic imine (C=N–C) groups is 1. The van der Waals surface area contributed by atoms with E-state index < -0.39 is 0 Å². The molecular weight excluding hydrogens is 358 g/mol. The zero-order valence-corrected chi connectivity index (χ0v) is 14.1. The van der Waals surface area contributed by atoms with E-state index in [0.29, 0.717) is 11.9 Å². The van der Waals surface area contributed by atoms with E-state index in [1.54, 1.807) is 6.20 Å². The van der Waals surface area contributed by atoms with E-state index in [1.165, 1.54) is 0 Å². The molecule has 2 fully saturated rings. The number of fused-ring (bicyclic) bond motifs is 2. The molecule has 7 nitrogen and oxygen atoms in total. The SMILES string of the molecule is N#CN=C1CC[C@@H]2CC[C@@H](c3nc(Br)c4c(N)nccn34)CN12. The number of nitriles is 1. The summed E-state index contributed by atoms with van der Waals surface area (Å²) in [6.45, 7) is 0.846. The van der Waals surface area contributed by atoms with Gasteiger partial charge < -0.3 is 10.6 Å². The van der Waals surface area contributed by atoms with Gasteiger partial charge in [0.2, 0.25) is 6.19 Å².